The molecule has 1 atom stereocenters. The van der Waals surface area contributed by atoms with Crippen molar-refractivity contribution in [3.63, 3.8) is 0 Å². The fourth-order valence-corrected chi connectivity index (χ4v) is 1.09. The van der Waals surface area contributed by atoms with Crippen LogP contribution in [0.25, 0.3) is 0 Å². The van der Waals surface area contributed by atoms with E-state index in [1.165, 1.54) is 6.08 Å². The largest absolute Gasteiger partial charge is 0.434 e. The lowest BCUT2D eigenvalue weighted by Crippen LogP contribution is -2.19. The second kappa shape index (κ2) is 4.36. The number of carbonyl (C=O) groups excluding carboxylic acids is 3. The molecule has 0 fully saturated rings. The van der Waals surface area contributed by atoms with Crippen LogP contribution in [0.2, 0.25) is 0 Å². The first-order valence-corrected chi connectivity index (χ1v) is 4.01. The van der Waals surface area contributed by atoms with Crippen molar-refractivity contribution in [2.24, 2.45) is 5.92 Å². The summed E-state index contributed by atoms with van der Waals surface area (Å²) in [5.41, 5.74) is -0.0816. The molecule has 0 radical (unpaired) electrons. The molecule has 5 nitrogen and oxygen atoms in total. The number of cyclic esters (lactones) is 2. The van der Waals surface area contributed by atoms with Crippen LogP contribution in [0.1, 0.15) is 0 Å². The summed E-state index contributed by atoms with van der Waals surface area (Å²) in [5, 5.41) is 0. The molecule has 0 N–H and O–H groups in total. The van der Waals surface area contributed by atoms with Gasteiger partial charge in [0.15, 0.2) is 0 Å². The van der Waals surface area contributed by atoms with E-state index in [4.69, 9.17) is 0 Å². The highest BCUT2D eigenvalue weighted by Gasteiger charge is 2.33. The lowest BCUT2D eigenvalue weighted by atomic mass is 10.00. The number of carbonyl (C=O) groups is 3. The van der Waals surface area contributed by atoms with Crippen LogP contribution in [0.3, 0.4) is 0 Å². The molecule has 0 aliphatic carbocycles. The Morgan fingerprint density at radius 2 is 2.13 bits per heavy atom. The van der Waals surface area contributed by atoms with Crippen molar-refractivity contribution in [1.29, 1.82) is 0 Å². The summed E-state index contributed by atoms with van der Waals surface area (Å²) < 4.78 is 8.72. The molecule has 5 heteroatoms. The fraction of sp³-hybridized carbons (Fsp3) is 0.100. The summed E-state index contributed by atoms with van der Waals surface area (Å²) in [7, 11) is 0. The second-order valence-electron chi connectivity index (χ2n) is 2.63. The van der Waals surface area contributed by atoms with Gasteiger partial charge in [0.25, 0.3) is 0 Å². The Bertz CT molecular complexity index is 377. The predicted octanol–water partition coefficient (Wildman–Crippen LogP) is 0.485. The third-order valence-corrected chi connectivity index (χ3v) is 1.73. The van der Waals surface area contributed by atoms with Gasteiger partial charge in [-0.25, -0.2) is 9.59 Å². The maximum Gasteiger partial charge on any atom is 0.343 e. The number of ether oxygens (including phenoxy) is 2. The van der Waals surface area contributed by atoms with Crippen molar-refractivity contribution < 1.29 is 23.9 Å². The molecule has 0 saturated carbocycles. The minimum absolute atomic E-state index is 0.0816. The van der Waals surface area contributed by atoms with Gasteiger partial charge in [0.2, 0.25) is 0 Å². The highest BCUT2D eigenvalue weighted by atomic mass is 16.6. The van der Waals surface area contributed by atoms with Gasteiger partial charge in [0, 0.05) is 6.08 Å². The first kappa shape index (κ1) is 10.9. The van der Waals surface area contributed by atoms with Gasteiger partial charge >= 0.3 is 17.9 Å². The molecule has 0 aromatic heterocycles. The van der Waals surface area contributed by atoms with Gasteiger partial charge in [-0.1, -0.05) is 12.7 Å². The monoisotopic (exact) mass is 208 g/mol. The molecule has 0 aromatic carbocycles. The molecule has 1 aliphatic heterocycles. The quantitative estimate of drug-likeness (QED) is 0.291. The topological polar surface area (TPSA) is 69.7 Å². The van der Waals surface area contributed by atoms with E-state index in [-0.39, 0.29) is 5.57 Å². The molecule has 0 spiro atoms. The van der Waals surface area contributed by atoms with Crippen LogP contribution in [0, 0.1) is 5.92 Å². The van der Waals surface area contributed by atoms with Crippen LogP contribution < -0.4 is 0 Å². The first-order chi connectivity index (χ1) is 7.10. The summed E-state index contributed by atoms with van der Waals surface area (Å²) in [4.78, 5) is 33.1. The normalized spacial score (nSPS) is 16.4. The predicted molar refractivity (Wildman–Crippen MR) is 49.2 cm³/mol. The Balaban J connectivity index is 2.92. The third-order valence-electron chi connectivity index (χ3n) is 1.73. The van der Waals surface area contributed by atoms with Crippen molar-refractivity contribution in [2.75, 3.05) is 0 Å². The van der Waals surface area contributed by atoms with Gasteiger partial charge in [0.1, 0.15) is 5.92 Å². The third kappa shape index (κ3) is 2.19. The summed E-state index contributed by atoms with van der Waals surface area (Å²) in [5.74, 6) is -3.40. The number of esters is 3. The molecule has 1 unspecified atom stereocenters. The van der Waals surface area contributed by atoms with Crippen LogP contribution >= 0.6 is 0 Å². The standard InChI is InChI=1S/C10H8O5/c1-3-6(9(12)14-4-2)7-5-8(11)15-10(7)13/h3-6H,1-2H2. The Labute approximate surface area is 85.7 Å². The lowest BCUT2D eigenvalue weighted by Gasteiger charge is -2.07. The minimum Gasteiger partial charge on any atom is -0.434 e. The van der Waals surface area contributed by atoms with E-state index in [9.17, 15) is 14.4 Å². The zero-order chi connectivity index (χ0) is 11.4. The Morgan fingerprint density at radius 1 is 1.47 bits per heavy atom. The Morgan fingerprint density at radius 3 is 2.53 bits per heavy atom. The van der Waals surface area contributed by atoms with Crippen LogP contribution in [0.5, 0.6) is 0 Å². The van der Waals surface area contributed by atoms with E-state index in [0.717, 1.165) is 12.3 Å². The van der Waals surface area contributed by atoms with Crippen LogP contribution in [0.4, 0.5) is 0 Å². The number of rotatable bonds is 4. The highest BCUT2D eigenvalue weighted by Crippen LogP contribution is 2.20. The average molecular weight is 208 g/mol. The van der Waals surface area contributed by atoms with E-state index in [1.54, 1.807) is 0 Å². The lowest BCUT2D eigenvalue weighted by molar-refractivity contribution is -0.152. The van der Waals surface area contributed by atoms with Gasteiger partial charge in [-0.15, -0.1) is 6.58 Å². The van der Waals surface area contributed by atoms with E-state index in [1.807, 2.05) is 0 Å². The molecule has 0 saturated heterocycles. The van der Waals surface area contributed by atoms with E-state index >= 15 is 0 Å². The summed E-state index contributed by atoms with van der Waals surface area (Å²) in [6.45, 7) is 6.57. The maximum atomic E-state index is 11.3. The van der Waals surface area contributed by atoms with Crippen molar-refractivity contribution in [3.8, 4) is 0 Å². The molecule has 1 aliphatic rings. The molecule has 0 bridgehead atoms. The summed E-state index contributed by atoms with van der Waals surface area (Å²) in [6, 6.07) is 0. The van der Waals surface area contributed by atoms with Crippen molar-refractivity contribution in [3.05, 3.63) is 37.1 Å². The minimum atomic E-state index is -1.01. The highest BCUT2D eigenvalue weighted by molar-refractivity contribution is 6.11. The van der Waals surface area contributed by atoms with Crippen LogP contribution in [-0.4, -0.2) is 17.9 Å². The molecule has 1 heterocycles. The van der Waals surface area contributed by atoms with Crippen molar-refractivity contribution >= 4 is 17.9 Å². The van der Waals surface area contributed by atoms with Gasteiger partial charge < -0.3 is 9.47 Å². The molecule has 78 valence electrons. The van der Waals surface area contributed by atoms with Crippen LogP contribution in [-0.2, 0) is 23.9 Å². The zero-order valence-corrected chi connectivity index (χ0v) is 7.76. The SMILES string of the molecule is C=COC(=O)C(C=C)C1=CC(=O)OC1=O. The zero-order valence-electron chi connectivity index (χ0n) is 7.76. The van der Waals surface area contributed by atoms with Crippen LogP contribution in [0.15, 0.2) is 37.1 Å². The first-order valence-electron chi connectivity index (χ1n) is 4.01. The van der Waals surface area contributed by atoms with E-state index in [0.29, 0.717) is 0 Å². The Kier molecular flexibility index (Phi) is 3.17. The Hall–Kier alpha value is -2.17. The summed E-state index contributed by atoms with van der Waals surface area (Å²) >= 11 is 0. The van der Waals surface area contributed by atoms with Crippen molar-refractivity contribution in [1.82, 2.24) is 0 Å². The van der Waals surface area contributed by atoms with Crippen molar-refractivity contribution in [2.45, 2.75) is 0 Å². The number of hydrogen-bond acceptors (Lipinski definition) is 5. The van der Waals surface area contributed by atoms with E-state index in [2.05, 4.69) is 22.6 Å². The molecule has 0 amide bonds. The smallest absolute Gasteiger partial charge is 0.343 e. The molecule has 1 rings (SSSR count). The molecular weight excluding hydrogens is 200 g/mol. The average Bonchev–Trinajstić information content (AvgIpc) is 2.47. The van der Waals surface area contributed by atoms with Gasteiger partial charge in [-0.05, 0) is 0 Å². The van der Waals surface area contributed by atoms with Gasteiger partial charge in [-0.2, -0.15) is 0 Å². The molecule has 0 aromatic rings. The fourth-order valence-electron chi connectivity index (χ4n) is 1.09. The maximum absolute atomic E-state index is 11.3. The van der Waals surface area contributed by atoms with E-state index < -0.39 is 23.8 Å². The molecular formula is C10H8O5. The second-order valence-corrected chi connectivity index (χ2v) is 2.63. The number of hydrogen-bond donors (Lipinski definition) is 0. The van der Waals surface area contributed by atoms with Gasteiger partial charge in [-0.3, -0.25) is 4.79 Å². The molecule has 15 heavy (non-hydrogen) atoms. The summed E-state index contributed by atoms with van der Waals surface area (Å²) in [6.07, 6.45) is 3.07. The van der Waals surface area contributed by atoms with Gasteiger partial charge in [0.05, 0.1) is 11.8 Å².